The van der Waals surface area contributed by atoms with E-state index in [0.29, 0.717) is 28.3 Å². The lowest BCUT2D eigenvalue weighted by atomic mass is 9.99. The minimum absolute atomic E-state index is 0.362. The lowest BCUT2D eigenvalue weighted by molar-refractivity contribution is 0.0601. The van der Waals surface area contributed by atoms with Crippen LogP contribution >= 0.6 is 11.6 Å². The molecule has 1 aromatic carbocycles. The largest absolute Gasteiger partial charge is 0.465 e. The van der Waals surface area contributed by atoms with E-state index in [1.807, 2.05) is 19.0 Å². The van der Waals surface area contributed by atoms with E-state index in [1.54, 1.807) is 26.0 Å². The van der Waals surface area contributed by atoms with Crippen LogP contribution in [0.4, 0.5) is 0 Å². The number of halogens is 1. The molecule has 0 spiro atoms. The summed E-state index contributed by atoms with van der Waals surface area (Å²) >= 11 is 6.16. The van der Waals surface area contributed by atoms with Gasteiger partial charge in [-0.25, -0.2) is 4.79 Å². The maximum atomic E-state index is 12.0. The second-order valence-corrected chi connectivity index (χ2v) is 6.58. The lowest BCUT2D eigenvalue weighted by Crippen LogP contribution is -2.21. The van der Waals surface area contributed by atoms with Crippen LogP contribution in [0.2, 0.25) is 5.02 Å². The van der Waals surface area contributed by atoms with E-state index in [2.05, 4.69) is 4.98 Å². The van der Waals surface area contributed by atoms with Gasteiger partial charge in [0.05, 0.1) is 29.5 Å². The predicted molar refractivity (Wildman–Crippen MR) is 87.3 cm³/mol. The van der Waals surface area contributed by atoms with Gasteiger partial charge in [0, 0.05) is 17.0 Å². The number of hydrogen-bond donors (Lipinski definition) is 2. The van der Waals surface area contributed by atoms with Crippen LogP contribution < -0.4 is 0 Å². The van der Waals surface area contributed by atoms with Gasteiger partial charge in [0.2, 0.25) is 0 Å². The number of esters is 1. The fraction of sp³-hybridized carbons (Fsp3) is 0.438. The van der Waals surface area contributed by atoms with E-state index in [0.717, 1.165) is 10.9 Å². The molecular formula is C16H21ClN2O3. The number of hydrogen-bond acceptors (Lipinski definition) is 4. The Labute approximate surface area is 134 Å². The number of fused-ring (bicyclic) bond motifs is 1. The van der Waals surface area contributed by atoms with E-state index in [9.17, 15) is 9.90 Å². The molecule has 0 saturated carbocycles. The molecule has 1 heterocycles. The SMILES string of the molecule is COC(=O)c1cc(Cl)cc2c(CN(C)C)c(C(C)(C)O)[nH]c12. The molecule has 0 atom stereocenters. The Bertz CT molecular complexity index is 714. The van der Waals surface area contributed by atoms with Crippen molar-refractivity contribution < 1.29 is 14.6 Å². The van der Waals surface area contributed by atoms with Crippen LogP contribution in [0.25, 0.3) is 10.9 Å². The molecule has 0 unspecified atom stereocenters. The summed E-state index contributed by atoms with van der Waals surface area (Å²) in [7, 11) is 5.22. The van der Waals surface area contributed by atoms with E-state index in [4.69, 9.17) is 16.3 Å². The molecule has 22 heavy (non-hydrogen) atoms. The molecule has 2 N–H and O–H groups in total. The molecule has 0 amide bonds. The number of aromatic amines is 1. The number of ether oxygens (including phenoxy) is 1. The quantitative estimate of drug-likeness (QED) is 0.849. The minimum atomic E-state index is -1.07. The third kappa shape index (κ3) is 3.11. The fourth-order valence-electron chi connectivity index (χ4n) is 2.59. The van der Waals surface area contributed by atoms with Crippen molar-refractivity contribution in [1.82, 2.24) is 9.88 Å². The molecule has 0 fully saturated rings. The Morgan fingerprint density at radius 3 is 2.55 bits per heavy atom. The third-order valence-electron chi connectivity index (χ3n) is 3.47. The number of H-pyrrole nitrogens is 1. The first-order chi connectivity index (χ1) is 10.1. The van der Waals surface area contributed by atoms with Crippen molar-refractivity contribution in [3.8, 4) is 0 Å². The molecule has 6 heteroatoms. The van der Waals surface area contributed by atoms with Crippen molar-refractivity contribution in [2.45, 2.75) is 26.0 Å². The highest BCUT2D eigenvalue weighted by atomic mass is 35.5. The summed E-state index contributed by atoms with van der Waals surface area (Å²) in [6.45, 7) is 4.02. The lowest BCUT2D eigenvalue weighted by Gasteiger charge is -2.20. The Kier molecular flexibility index (Phi) is 4.52. The van der Waals surface area contributed by atoms with Crippen molar-refractivity contribution in [3.05, 3.63) is 34.0 Å². The van der Waals surface area contributed by atoms with Crippen molar-refractivity contribution in [3.63, 3.8) is 0 Å². The van der Waals surface area contributed by atoms with Gasteiger partial charge < -0.3 is 19.7 Å². The summed E-state index contributed by atoms with van der Waals surface area (Å²) in [6.07, 6.45) is 0. The summed E-state index contributed by atoms with van der Waals surface area (Å²) in [5.41, 5.74) is 1.51. The van der Waals surface area contributed by atoms with E-state index >= 15 is 0 Å². The molecule has 0 saturated heterocycles. The highest BCUT2D eigenvalue weighted by Gasteiger charge is 2.27. The highest BCUT2D eigenvalue weighted by molar-refractivity contribution is 6.32. The predicted octanol–water partition coefficient (Wildman–Crippen LogP) is 2.90. The van der Waals surface area contributed by atoms with Crippen molar-refractivity contribution >= 4 is 28.5 Å². The number of carbonyl (C=O) groups is 1. The van der Waals surface area contributed by atoms with Gasteiger partial charge in [-0.05, 0) is 45.6 Å². The van der Waals surface area contributed by atoms with Crippen LogP contribution in [0.1, 0.15) is 35.5 Å². The van der Waals surface area contributed by atoms with Crippen LogP contribution in [-0.4, -0.2) is 42.2 Å². The van der Waals surface area contributed by atoms with Gasteiger partial charge in [0.1, 0.15) is 0 Å². The number of benzene rings is 1. The maximum Gasteiger partial charge on any atom is 0.340 e. The summed E-state index contributed by atoms with van der Waals surface area (Å²) in [5, 5.41) is 11.7. The van der Waals surface area contributed by atoms with Crippen molar-refractivity contribution in [2.24, 2.45) is 0 Å². The number of nitrogens with one attached hydrogen (secondary N) is 1. The second-order valence-electron chi connectivity index (χ2n) is 6.14. The number of aliphatic hydroxyl groups is 1. The Balaban J connectivity index is 2.83. The van der Waals surface area contributed by atoms with Crippen LogP contribution in [0.5, 0.6) is 0 Å². The maximum absolute atomic E-state index is 12.0. The number of nitrogens with zero attached hydrogens (tertiary/aromatic N) is 1. The number of methoxy groups -OCH3 is 1. The average molecular weight is 325 g/mol. The number of carbonyl (C=O) groups excluding carboxylic acids is 1. The van der Waals surface area contributed by atoms with E-state index < -0.39 is 11.6 Å². The first kappa shape index (κ1) is 16.8. The standard InChI is InChI=1S/C16H21ClN2O3/c1-16(2,21)14-12(8-19(3)4)10-6-9(17)7-11(13(10)18-14)15(20)22-5/h6-7,18,21H,8H2,1-5H3. The number of aromatic nitrogens is 1. The molecule has 0 bridgehead atoms. The molecule has 0 radical (unpaired) electrons. The zero-order valence-corrected chi connectivity index (χ0v) is 14.2. The van der Waals surface area contributed by atoms with Gasteiger partial charge in [0.15, 0.2) is 0 Å². The molecule has 0 aliphatic carbocycles. The fourth-order valence-corrected chi connectivity index (χ4v) is 2.81. The summed E-state index contributed by atoms with van der Waals surface area (Å²) in [6, 6.07) is 3.37. The summed E-state index contributed by atoms with van der Waals surface area (Å²) < 4.78 is 4.82. The third-order valence-corrected chi connectivity index (χ3v) is 3.69. The molecule has 1 aromatic heterocycles. The van der Waals surface area contributed by atoms with Crippen LogP contribution in [0.15, 0.2) is 12.1 Å². The summed E-state index contributed by atoms with van der Waals surface area (Å²) in [4.78, 5) is 17.2. The second kappa shape index (κ2) is 5.91. The first-order valence-corrected chi connectivity index (χ1v) is 7.33. The Hall–Kier alpha value is -1.56. The van der Waals surface area contributed by atoms with Gasteiger partial charge in [-0.2, -0.15) is 0 Å². The molecule has 120 valence electrons. The molecular weight excluding hydrogens is 304 g/mol. The van der Waals surface area contributed by atoms with Crippen molar-refractivity contribution in [1.29, 1.82) is 0 Å². The topological polar surface area (TPSA) is 65.6 Å². The molecule has 5 nitrogen and oxygen atoms in total. The Morgan fingerprint density at radius 2 is 2.05 bits per heavy atom. The monoisotopic (exact) mass is 324 g/mol. The highest BCUT2D eigenvalue weighted by Crippen LogP contribution is 2.34. The minimum Gasteiger partial charge on any atom is -0.465 e. The molecule has 0 aliphatic rings. The van der Waals surface area contributed by atoms with Crippen LogP contribution in [0, 0.1) is 0 Å². The normalized spacial score (nSPS) is 12.2. The Morgan fingerprint density at radius 1 is 1.41 bits per heavy atom. The van der Waals surface area contributed by atoms with E-state index in [-0.39, 0.29) is 0 Å². The van der Waals surface area contributed by atoms with Gasteiger partial charge in [-0.3, -0.25) is 0 Å². The van der Waals surface area contributed by atoms with Crippen LogP contribution in [0.3, 0.4) is 0 Å². The smallest absolute Gasteiger partial charge is 0.340 e. The molecule has 2 aromatic rings. The van der Waals surface area contributed by atoms with Crippen LogP contribution in [-0.2, 0) is 16.9 Å². The van der Waals surface area contributed by atoms with Crippen molar-refractivity contribution in [2.75, 3.05) is 21.2 Å². The zero-order chi connectivity index (χ0) is 16.7. The van der Waals surface area contributed by atoms with Gasteiger partial charge in [0.25, 0.3) is 0 Å². The molecule has 2 rings (SSSR count). The van der Waals surface area contributed by atoms with E-state index in [1.165, 1.54) is 7.11 Å². The summed E-state index contributed by atoms with van der Waals surface area (Å²) in [5.74, 6) is -0.465. The zero-order valence-electron chi connectivity index (χ0n) is 13.5. The number of rotatable bonds is 4. The first-order valence-electron chi connectivity index (χ1n) is 6.95. The molecule has 0 aliphatic heterocycles. The van der Waals surface area contributed by atoms with Gasteiger partial charge >= 0.3 is 5.97 Å². The van der Waals surface area contributed by atoms with Gasteiger partial charge in [-0.1, -0.05) is 11.6 Å². The average Bonchev–Trinajstić information content (AvgIpc) is 2.75. The van der Waals surface area contributed by atoms with Gasteiger partial charge in [-0.15, -0.1) is 0 Å².